The maximum absolute atomic E-state index is 6.17. The number of aromatic nitrogens is 3. The zero-order valence-electron chi connectivity index (χ0n) is 18.7. The molecule has 0 amide bonds. The Balaban J connectivity index is 1.47. The first-order valence-electron chi connectivity index (χ1n) is 11.7. The fourth-order valence-electron chi connectivity index (χ4n) is 5.46. The van der Waals surface area contributed by atoms with Gasteiger partial charge in [-0.15, -0.1) is 0 Å². The van der Waals surface area contributed by atoms with Crippen molar-refractivity contribution in [3.8, 4) is 17.1 Å². The van der Waals surface area contributed by atoms with Crippen LogP contribution >= 0.6 is 0 Å². The summed E-state index contributed by atoms with van der Waals surface area (Å²) in [6.45, 7) is 0. The van der Waals surface area contributed by atoms with Gasteiger partial charge in [0.2, 0.25) is 5.89 Å². The number of nitrogens with zero attached hydrogens (tertiary/aromatic N) is 2. The number of para-hydroxylation sites is 3. The Kier molecular flexibility index (Phi) is 3.63. The first kappa shape index (κ1) is 18.6. The van der Waals surface area contributed by atoms with E-state index < -0.39 is 0 Å². The van der Waals surface area contributed by atoms with Crippen LogP contribution in [0.4, 0.5) is 0 Å². The summed E-state index contributed by atoms with van der Waals surface area (Å²) in [5, 5.41) is 4.73. The van der Waals surface area contributed by atoms with E-state index in [-0.39, 0.29) is 0 Å². The van der Waals surface area contributed by atoms with Crippen molar-refractivity contribution < 1.29 is 4.42 Å². The third kappa shape index (κ3) is 2.53. The van der Waals surface area contributed by atoms with Crippen molar-refractivity contribution in [1.82, 2.24) is 14.5 Å². The van der Waals surface area contributed by atoms with Crippen LogP contribution in [0.15, 0.2) is 114 Å². The molecule has 3 aromatic heterocycles. The van der Waals surface area contributed by atoms with Gasteiger partial charge in [-0.05, 0) is 42.5 Å². The molecule has 0 spiro atoms. The molecule has 0 radical (unpaired) electrons. The average molecular weight is 450 g/mol. The maximum atomic E-state index is 6.17. The lowest BCUT2D eigenvalue weighted by Crippen LogP contribution is -1.94. The second-order valence-electron chi connectivity index (χ2n) is 8.91. The lowest BCUT2D eigenvalue weighted by Gasteiger charge is -2.09. The number of aromatic amines is 1. The first-order valence-corrected chi connectivity index (χ1v) is 11.7. The number of hydrogen-bond donors (Lipinski definition) is 1. The zero-order valence-corrected chi connectivity index (χ0v) is 18.7. The number of H-pyrrole nitrogens is 1. The molecule has 1 N–H and O–H groups in total. The Morgan fingerprint density at radius 2 is 1.31 bits per heavy atom. The second-order valence-corrected chi connectivity index (χ2v) is 8.91. The molecule has 8 aromatic rings. The third-order valence-corrected chi connectivity index (χ3v) is 6.97. The molecule has 0 aliphatic rings. The smallest absolute Gasteiger partial charge is 0.227 e. The van der Waals surface area contributed by atoms with Gasteiger partial charge < -0.3 is 14.0 Å². The molecule has 35 heavy (non-hydrogen) atoms. The van der Waals surface area contributed by atoms with E-state index in [4.69, 9.17) is 9.40 Å². The minimum atomic E-state index is 0.640. The highest BCUT2D eigenvalue weighted by Gasteiger charge is 2.18. The van der Waals surface area contributed by atoms with Gasteiger partial charge in [0.1, 0.15) is 5.52 Å². The van der Waals surface area contributed by atoms with Gasteiger partial charge in [0.05, 0.1) is 22.2 Å². The van der Waals surface area contributed by atoms with E-state index in [2.05, 4.69) is 82.3 Å². The topological polar surface area (TPSA) is 46.8 Å². The SMILES string of the molecule is c1ccc(-c2nc3c(ccc4[nH]c5c(-n6c7ccccc7c7ccccc76)cccc5c43)o2)cc1. The van der Waals surface area contributed by atoms with Crippen LogP contribution in [0, 0.1) is 0 Å². The molecule has 0 saturated heterocycles. The van der Waals surface area contributed by atoms with Crippen LogP contribution in [0.2, 0.25) is 0 Å². The third-order valence-electron chi connectivity index (χ3n) is 6.97. The van der Waals surface area contributed by atoms with Crippen molar-refractivity contribution >= 4 is 54.7 Å². The van der Waals surface area contributed by atoms with E-state index in [1.165, 1.54) is 21.8 Å². The summed E-state index contributed by atoms with van der Waals surface area (Å²) >= 11 is 0. The maximum Gasteiger partial charge on any atom is 0.227 e. The molecule has 0 saturated carbocycles. The highest BCUT2D eigenvalue weighted by molar-refractivity contribution is 6.20. The van der Waals surface area contributed by atoms with Gasteiger partial charge in [-0.25, -0.2) is 4.98 Å². The molecule has 3 heterocycles. The number of oxazole rings is 1. The van der Waals surface area contributed by atoms with Crippen LogP contribution in [0.5, 0.6) is 0 Å². The van der Waals surface area contributed by atoms with Crippen LogP contribution in [-0.2, 0) is 0 Å². The first-order chi connectivity index (χ1) is 17.4. The largest absolute Gasteiger partial charge is 0.436 e. The molecular formula is C31H19N3O. The van der Waals surface area contributed by atoms with E-state index >= 15 is 0 Å². The van der Waals surface area contributed by atoms with Gasteiger partial charge in [-0.2, -0.15) is 0 Å². The van der Waals surface area contributed by atoms with E-state index in [1.807, 2.05) is 36.4 Å². The molecule has 0 bridgehead atoms. The van der Waals surface area contributed by atoms with E-state index in [0.717, 1.165) is 44.2 Å². The van der Waals surface area contributed by atoms with E-state index in [1.54, 1.807) is 0 Å². The summed E-state index contributed by atoms with van der Waals surface area (Å²) in [7, 11) is 0. The van der Waals surface area contributed by atoms with Crippen molar-refractivity contribution in [3.05, 3.63) is 109 Å². The van der Waals surface area contributed by atoms with Crippen molar-refractivity contribution in [2.24, 2.45) is 0 Å². The van der Waals surface area contributed by atoms with Crippen LogP contribution in [0.3, 0.4) is 0 Å². The lowest BCUT2D eigenvalue weighted by atomic mass is 10.1. The predicted molar refractivity (Wildman–Crippen MR) is 143 cm³/mol. The molecule has 4 nitrogen and oxygen atoms in total. The van der Waals surface area contributed by atoms with E-state index in [0.29, 0.717) is 5.89 Å². The molecule has 0 fully saturated rings. The molecule has 4 heteroatoms. The fraction of sp³-hybridized carbons (Fsp3) is 0. The quantitative estimate of drug-likeness (QED) is 0.289. The molecular weight excluding hydrogens is 430 g/mol. The van der Waals surface area contributed by atoms with E-state index in [9.17, 15) is 0 Å². The minimum absolute atomic E-state index is 0.640. The molecule has 8 rings (SSSR count). The Morgan fingerprint density at radius 1 is 0.629 bits per heavy atom. The average Bonchev–Trinajstić information content (AvgIpc) is 3.60. The Bertz CT molecular complexity index is 2000. The number of hydrogen-bond acceptors (Lipinski definition) is 2. The summed E-state index contributed by atoms with van der Waals surface area (Å²) in [6, 6.07) is 37.8. The molecule has 0 unspecified atom stereocenters. The zero-order chi connectivity index (χ0) is 22.9. The Labute approximate surface area is 200 Å². The summed E-state index contributed by atoms with van der Waals surface area (Å²) in [4.78, 5) is 8.64. The summed E-state index contributed by atoms with van der Waals surface area (Å²) in [6.07, 6.45) is 0. The fourth-order valence-corrected chi connectivity index (χ4v) is 5.46. The summed E-state index contributed by atoms with van der Waals surface area (Å²) < 4.78 is 8.53. The Morgan fingerprint density at radius 3 is 2.09 bits per heavy atom. The number of fused-ring (bicyclic) bond motifs is 8. The normalized spacial score (nSPS) is 12.0. The van der Waals surface area contributed by atoms with Crippen molar-refractivity contribution in [2.75, 3.05) is 0 Å². The molecule has 164 valence electrons. The monoisotopic (exact) mass is 449 g/mol. The minimum Gasteiger partial charge on any atom is -0.436 e. The molecule has 0 aliphatic carbocycles. The second kappa shape index (κ2) is 6.84. The van der Waals surface area contributed by atoms with Gasteiger partial charge >= 0.3 is 0 Å². The molecule has 0 atom stereocenters. The van der Waals surface area contributed by atoms with Crippen LogP contribution in [0.1, 0.15) is 0 Å². The highest BCUT2D eigenvalue weighted by Crippen LogP contribution is 2.39. The predicted octanol–water partition coefficient (Wildman–Crippen LogP) is 8.23. The van der Waals surface area contributed by atoms with Crippen molar-refractivity contribution in [2.45, 2.75) is 0 Å². The van der Waals surface area contributed by atoms with Gasteiger partial charge in [0, 0.05) is 32.6 Å². The number of benzene rings is 5. The number of rotatable bonds is 2. The van der Waals surface area contributed by atoms with Gasteiger partial charge in [0.25, 0.3) is 0 Å². The van der Waals surface area contributed by atoms with Gasteiger partial charge in [0.15, 0.2) is 5.58 Å². The molecule has 0 aliphatic heterocycles. The van der Waals surface area contributed by atoms with Gasteiger partial charge in [-0.1, -0.05) is 66.7 Å². The number of nitrogens with one attached hydrogen (secondary N) is 1. The summed E-state index contributed by atoms with van der Waals surface area (Å²) in [5.74, 6) is 0.640. The van der Waals surface area contributed by atoms with Crippen LogP contribution in [-0.4, -0.2) is 14.5 Å². The van der Waals surface area contributed by atoms with Crippen LogP contribution < -0.4 is 0 Å². The summed E-state index contributed by atoms with van der Waals surface area (Å²) in [5.41, 5.74) is 8.29. The van der Waals surface area contributed by atoms with Gasteiger partial charge in [-0.3, -0.25) is 0 Å². The van der Waals surface area contributed by atoms with Crippen molar-refractivity contribution in [3.63, 3.8) is 0 Å². The highest BCUT2D eigenvalue weighted by atomic mass is 16.3. The standard InChI is InChI=1S/C31H19N3O/c1-2-9-19(10-3-1)31-33-30-27(35-31)18-17-23-28(30)22-13-8-16-26(29(22)32-23)34-24-14-6-4-11-20(24)21-12-5-7-15-25(21)34/h1-18,32H. The molecule has 5 aromatic carbocycles. The Hall–Kier alpha value is -4.83. The van der Waals surface area contributed by atoms with Crippen molar-refractivity contribution in [1.29, 1.82) is 0 Å². The lowest BCUT2D eigenvalue weighted by molar-refractivity contribution is 0.620. The van der Waals surface area contributed by atoms with Crippen LogP contribution in [0.25, 0.3) is 71.9 Å².